The molecule has 0 aliphatic carbocycles. The van der Waals surface area contributed by atoms with Gasteiger partial charge in [-0.1, -0.05) is 10.3 Å². The van der Waals surface area contributed by atoms with E-state index in [2.05, 4.69) is 57.0 Å². The largest absolute Gasteiger partial charge is 2.00 e. The van der Waals surface area contributed by atoms with Gasteiger partial charge in [0, 0.05) is 57.3 Å². The number of hydrogen-bond donors (Lipinski definition) is 10. The summed E-state index contributed by atoms with van der Waals surface area (Å²) in [5.41, 5.74) is 8.57. The number of nitrogens with one attached hydrogen (secondary N) is 6. The number of oxime groups is 2. The van der Waals surface area contributed by atoms with Gasteiger partial charge < -0.3 is 48.0 Å². The van der Waals surface area contributed by atoms with E-state index in [0.717, 1.165) is 0 Å². The first-order chi connectivity index (χ1) is 24.6. The number of hydroxylamine groups is 1. The van der Waals surface area contributed by atoms with E-state index in [1.54, 1.807) is 46.8 Å². The molecule has 297 valence electrons. The number of aromatic nitrogens is 4. The number of amides is 2. The third-order valence-corrected chi connectivity index (χ3v) is 8.03. The topological polar surface area (TPSA) is 332 Å². The number of nitrogens with two attached hydrogens (primary N) is 1. The SMILES string of the molecule is C/C(=N/O)C(C)(C)NOCCNC(C)(C)/C(CCNC(=O)C(CCC(=O)O)NC(=O)c1ccc(NCc2cnc3nc(N)[nH]c(=O)c3n2)cc1)=N/O.[O-2].[Tc]. The van der Waals surface area contributed by atoms with Crippen LogP contribution in [0.4, 0.5) is 11.6 Å². The number of aromatic amines is 1. The molecule has 1 unspecified atom stereocenters. The van der Waals surface area contributed by atoms with Crippen LogP contribution >= 0.6 is 0 Å². The Morgan fingerprint density at radius 3 is 2.33 bits per heavy atom. The van der Waals surface area contributed by atoms with Crippen LogP contribution < -0.4 is 38.0 Å². The molecule has 0 bridgehead atoms. The van der Waals surface area contributed by atoms with E-state index in [1.807, 2.05) is 0 Å². The zero-order valence-electron chi connectivity index (χ0n) is 30.4. The molecule has 3 aromatic rings. The number of hydrogen-bond acceptors (Lipinski definition) is 16. The maximum atomic E-state index is 13.1. The number of aliphatic carboxylic acids is 1. The van der Waals surface area contributed by atoms with E-state index < -0.39 is 40.5 Å². The zero-order chi connectivity index (χ0) is 38.5. The molecule has 0 spiro atoms. The predicted molar refractivity (Wildman–Crippen MR) is 192 cm³/mol. The molecule has 2 aromatic heterocycles. The van der Waals surface area contributed by atoms with E-state index in [0.29, 0.717) is 29.3 Å². The summed E-state index contributed by atoms with van der Waals surface area (Å²) in [5, 5.41) is 46.1. The minimum Gasteiger partial charge on any atom is -2.00 e. The van der Waals surface area contributed by atoms with Crippen LogP contribution in [0.3, 0.4) is 0 Å². The number of nitrogens with zero attached hydrogens (tertiary/aromatic N) is 5. The maximum Gasteiger partial charge on any atom is 0.303 e. The average Bonchev–Trinajstić information content (AvgIpc) is 3.10. The molecule has 2 amide bonds. The molecule has 0 saturated carbocycles. The number of H-pyrrole nitrogens is 1. The number of carboxylic acid groups (broad SMARTS) is 1. The number of carbonyl (C=O) groups excluding carboxylic acids is 2. The second kappa shape index (κ2) is 21.5. The molecular formula is C32H46N12O9Tc-2. The molecule has 11 N–H and O–H groups in total. The number of benzene rings is 1. The van der Waals surface area contributed by atoms with Crippen molar-refractivity contribution in [2.45, 2.75) is 77.5 Å². The Balaban J connectivity index is 0.00000729. The summed E-state index contributed by atoms with van der Waals surface area (Å²) >= 11 is 0. The molecule has 0 fully saturated rings. The molecule has 21 nitrogen and oxygen atoms in total. The molecule has 3 rings (SSSR count). The van der Waals surface area contributed by atoms with E-state index in [-0.39, 0.29) is 87.2 Å². The molecule has 2 heterocycles. The fraction of sp³-hybridized carbons (Fsp3) is 0.469. The van der Waals surface area contributed by atoms with Gasteiger partial charge in [-0.2, -0.15) is 10.5 Å². The molecule has 1 aromatic carbocycles. The van der Waals surface area contributed by atoms with Crippen LogP contribution in [0.2, 0.25) is 0 Å². The normalized spacial score (nSPS) is 12.6. The minimum atomic E-state index is -1.16. The summed E-state index contributed by atoms with van der Waals surface area (Å²) in [6.45, 7) is 9.61. The first-order valence-corrected chi connectivity index (χ1v) is 16.3. The Kier molecular flexibility index (Phi) is 18.7. The number of carbonyl (C=O) groups is 3. The molecule has 54 heavy (non-hydrogen) atoms. The number of fused-ring (bicyclic) bond motifs is 1. The predicted octanol–water partition coefficient (Wildman–Crippen LogP) is 0.604. The van der Waals surface area contributed by atoms with Crippen molar-refractivity contribution in [3.05, 3.63) is 52.1 Å². The summed E-state index contributed by atoms with van der Waals surface area (Å²) in [6, 6.07) is 5.16. The second-order valence-electron chi connectivity index (χ2n) is 12.8. The van der Waals surface area contributed by atoms with Gasteiger partial charge in [-0.25, -0.2) is 9.97 Å². The first kappa shape index (κ1) is 46.9. The summed E-state index contributed by atoms with van der Waals surface area (Å²) in [6.07, 6.45) is 1.07. The van der Waals surface area contributed by atoms with Crippen molar-refractivity contribution in [1.82, 2.24) is 41.4 Å². The summed E-state index contributed by atoms with van der Waals surface area (Å²) in [7, 11) is 0. The molecule has 1 radical (unpaired) electrons. The van der Waals surface area contributed by atoms with Gasteiger partial charge in [0.25, 0.3) is 11.5 Å². The van der Waals surface area contributed by atoms with Crippen LogP contribution in [0.25, 0.3) is 11.2 Å². The van der Waals surface area contributed by atoms with Gasteiger partial charge in [-0.3, -0.25) is 29.0 Å². The van der Waals surface area contributed by atoms with Gasteiger partial charge in [-0.05, 0) is 65.3 Å². The van der Waals surface area contributed by atoms with Crippen LogP contribution in [-0.4, -0.2) is 101 Å². The molecular weight excluding hydrogens is 794 g/mol. The van der Waals surface area contributed by atoms with E-state index >= 15 is 0 Å². The quantitative estimate of drug-likeness (QED) is 0.0322. The van der Waals surface area contributed by atoms with Crippen molar-refractivity contribution in [2.24, 2.45) is 10.3 Å². The number of nitrogen functional groups attached to an aromatic ring is 1. The third-order valence-electron chi connectivity index (χ3n) is 8.03. The summed E-state index contributed by atoms with van der Waals surface area (Å²) < 4.78 is 0. The fourth-order valence-corrected chi connectivity index (χ4v) is 4.63. The second-order valence-corrected chi connectivity index (χ2v) is 12.8. The van der Waals surface area contributed by atoms with E-state index in [4.69, 9.17) is 15.8 Å². The van der Waals surface area contributed by atoms with Gasteiger partial charge in [0.05, 0.1) is 47.5 Å². The standard InChI is InChI=1S/C32H46N12O8.O.Tc/c1-18(42-50)31(2,3)44-52-15-14-37-32(4,5)23(43-51)12-13-34-28(48)22(10-11-24(45)46)39-27(47)19-6-8-20(9-7-19)35-16-21-17-36-26-25(38-21)29(49)41-30(33)40-26;;/h6-9,17,22,35,37,44,50-51H,10-16H2,1-5H3,(H,34,48)(H,39,47)(H,45,46)(H3,33,36,40,41,49);;/q;-2;/b42-18-,43-23+;;. The Morgan fingerprint density at radius 1 is 1.02 bits per heavy atom. The van der Waals surface area contributed by atoms with Crippen molar-refractivity contribution in [2.75, 3.05) is 30.7 Å². The van der Waals surface area contributed by atoms with E-state index in [1.165, 1.54) is 18.3 Å². The van der Waals surface area contributed by atoms with Gasteiger partial charge in [-0.15, -0.1) is 0 Å². The smallest absolute Gasteiger partial charge is 0.303 e. The number of rotatable bonds is 20. The monoisotopic (exact) mass is 839 g/mol. The van der Waals surface area contributed by atoms with Crippen LogP contribution in [0.1, 0.15) is 69.9 Å². The van der Waals surface area contributed by atoms with Crippen LogP contribution in [0.15, 0.2) is 45.6 Å². The van der Waals surface area contributed by atoms with Crippen molar-refractivity contribution in [3.8, 4) is 0 Å². The Morgan fingerprint density at radius 2 is 1.70 bits per heavy atom. The van der Waals surface area contributed by atoms with Crippen molar-refractivity contribution >= 4 is 52.0 Å². The van der Waals surface area contributed by atoms with Gasteiger partial charge in [0.15, 0.2) is 11.2 Å². The Labute approximate surface area is 323 Å². The molecule has 1 atom stereocenters. The molecule has 22 heteroatoms. The Hall–Kier alpha value is -5.12. The molecule has 0 saturated heterocycles. The van der Waals surface area contributed by atoms with Crippen LogP contribution in [-0.2, 0) is 46.6 Å². The van der Waals surface area contributed by atoms with Gasteiger partial charge in [0.2, 0.25) is 11.9 Å². The summed E-state index contributed by atoms with van der Waals surface area (Å²) in [5.74, 6) is -2.39. The summed E-state index contributed by atoms with van der Waals surface area (Å²) in [4.78, 5) is 69.7. The van der Waals surface area contributed by atoms with Crippen LogP contribution in [0.5, 0.6) is 0 Å². The van der Waals surface area contributed by atoms with Gasteiger partial charge >= 0.3 is 5.97 Å². The van der Waals surface area contributed by atoms with Crippen LogP contribution in [0, 0.1) is 0 Å². The molecule has 0 aliphatic heterocycles. The zero-order valence-corrected chi connectivity index (χ0v) is 32.3. The maximum absolute atomic E-state index is 13.1. The van der Waals surface area contributed by atoms with Crippen molar-refractivity contribution in [1.29, 1.82) is 0 Å². The molecule has 0 aliphatic rings. The number of carboxylic acids is 1. The first-order valence-electron chi connectivity index (χ1n) is 16.3. The third kappa shape index (κ3) is 14.0. The number of anilines is 2. The fourth-order valence-electron chi connectivity index (χ4n) is 4.63. The van der Waals surface area contributed by atoms with Gasteiger partial charge in [0.1, 0.15) is 6.04 Å². The average molecular weight is 841 g/mol. The van der Waals surface area contributed by atoms with Crippen molar-refractivity contribution in [3.63, 3.8) is 0 Å². The Bertz CT molecular complexity index is 1840. The van der Waals surface area contributed by atoms with E-state index in [9.17, 15) is 29.5 Å². The van der Waals surface area contributed by atoms with Crippen molar-refractivity contribution < 1.29 is 60.3 Å². The minimum absolute atomic E-state index is 0.